The molecule has 1 aromatic carbocycles. The quantitative estimate of drug-likeness (QED) is 0.650. The Morgan fingerprint density at radius 3 is 2.94 bits per heavy atom. The van der Waals surface area contributed by atoms with Gasteiger partial charge < -0.3 is 4.57 Å². The molecule has 0 bridgehead atoms. The highest BCUT2D eigenvalue weighted by Crippen LogP contribution is 2.27. The van der Waals surface area contributed by atoms with Crippen LogP contribution in [0.2, 0.25) is 0 Å². The molecule has 5 heteroatoms. The summed E-state index contributed by atoms with van der Waals surface area (Å²) in [7, 11) is 0. The molecule has 0 radical (unpaired) electrons. The molecule has 3 rings (SSSR count). The molecule has 0 saturated carbocycles. The third-order valence-electron chi connectivity index (χ3n) is 2.61. The molecular weight excluding hydrogens is 234 g/mol. The number of benzene rings is 1. The van der Waals surface area contributed by atoms with E-state index in [1.54, 1.807) is 17.9 Å². The Balaban J connectivity index is 2.31. The predicted octanol–water partition coefficient (Wildman–Crippen LogP) is 2.60. The van der Waals surface area contributed by atoms with E-state index in [9.17, 15) is 4.79 Å². The summed E-state index contributed by atoms with van der Waals surface area (Å²) < 4.78 is 2.96. The number of aromatic nitrogens is 3. The van der Waals surface area contributed by atoms with E-state index < -0.39 is 0 Å². The molecule has 0 aliphatic heterocycles. The van der Waals surface area contributed by atoms with Gasteiger partial charge in [-0.3, -0.25) is 4.79 Å². The minimum absolute atomic E-state index is 0.627. The van der Waals surface area contributed by atoms with E-state index in [0.717, 1.165) is 27.9 Å². The summed E-state index contributed by atoms with van der Waals surface area (Å²) >= 11 is 1.53. The number of hydrogen-bond acceptors (Lipinski definition) is 4. The number of aldehydes is 1. The van der Waals surface area contributed by atoms with E-state index in [4.69, 9.17) is 0 Å². The van der Waals surface area contributed by atoms with Crippen LogP contribution in [-0.4, -0.2) is 20.8 Å². The fourth-order valence-corrected chi connectivity index (χ4v) is 2.65. The van der Waals surface area contributed by atoms with Gasteiger partial charge in [-0.1, -0.05) is 0 Å². The highest BCUT2D eigenvalue weighted by Gasteiger charge is 2.09. The zero-order valence-electron chi connectivity index (χ0n) is 9.12. The van der Waals surface area contributed by atoms with E-state index in [1.807, 2.05) is 23.8 Å². The topological polar surface area (TPSA) is 47.8 Å². The Kier molecular flexibility index (Phi) is 2.26. The smallest absolute Gasteiger partial charge is 0.152 e. The van der Waals surface area contributed by atoms with Crippen LogP contribution < -0.4 is 0 Å². The maximum absolute atomic E-state index is 10.9. The summed E-state index contributed by atoms with van der Waals surface area (Å²) in [5, 5.41) is 0. The van der Waals surface area contributed by atoms with Crippen LogP contribution in [0.5, 0.6) is 0 Å². The summed E-state index contributed by atoms with van der Waals surface area (Å²) in [6, 6.07) is 3.71. The van der Waals surface area contributed by atoms with Crippen LogP contribution in [0.4, 0.5) is 0 Å². The average molecular weight is 243 g/mol. The van der Waals surface area contributed by atoms with E-state index in [1.165, 1.54) is 11.3 Å². The van der Waals surface area contributed by atoms with Gasteiger partial charge in [0.2, 0.25) is 0 Å². The predicted molar refractivity (Wildman–Crippen MR) is 66.9 cm³/mol. The van der Waals surface area contributed by atoms with Crippen LogP contribution in [0.25, 0.3) is 15.9 Å². The molecule has 0 N–H and O–H groups in total. The SMILES string of the molecule is Cc1cn(-c2ccc(C=O)c3ncsc23)cn1. The minimum Gasteiger partial charge on any atom is -0.305 e. The average Bonchev–Trinajstić information content (AvgIpc) is 2.96. The molecule has 0 aliphatic rings. The van der Waals surface area contributed by atoms with Crippen molar-refractivity contribution in [1.29, 1.82) is 0 Å². The van der Waals surface area contributed by atoms with Gasteiger partial charge in [-0.15, -0.1) is 11.3 Å². The van der Waals surface area contributed by atoms with Crippen molar-refractivity contribution in [3.05, 3.63) is 41.4 Å². The molecule has 3 aromatic rings. The van der Waals surface area contributed by atoms with E-state index >= 15 is 0 Å². The van der Waals surface area contributed by atoms with Crippen LogP contribution in [0.3, 0.4) is 0 Å². The van der Waals surface area contributed by atoms with Crippen molar-refractivity contribution in [2.24, 2.45) is 0 Å². The summed E-state index contributed by atoms with van der Waals surface area (Å²) in [5.74, 6) is 0. The van der Waals surface area contributed by atoms with Gasteiger partial charge in [0, 0.05) is 11.8 Å². The first-order valence-electron chi connectivity index (χ1n) is 5.12. The van der Waals surface area contributed by atoms with Crippen molar-refractivity contribution in [3.8, 4) is 5.69 Å². The van der Waals surface area contributed by atoms with Crippen molar-refractivity contribution < 1.29 is 4.79 Å². The van der Waals surface area contributed by atoms with Gasteiger partial charge in [0.05, 0.1) is 33.4 Å². The molecular formula is C12H9N3OS. The second kappa shape index (κ2) is 3.78. The third-order valence-corrected chi connectivity index (χ3v) is 3.46. The zero-order valence-corrected chi connectivity index (χ0v) is 9.94. The maximum atomic E-state index is 10.9. The molecule has 84 valence electrons. The number of imidazole rings is 1. The van der Waals surface area contributed by atoms with Crippen molar-refractivity contribution in [1.82, 2.24) is 14.5 Å². The number of carbonyl (C=O) groups excluding carboxylic acids is 1. The summed E-state index contributed by atoms with van der Waals surface area (Å²) in [6.07, 6.45) is 4.56. The van der Waals surface area contributed by atoms with E-state index in [2.05, 4.69) is 9.97 Å². The number of carbonyl (C=O) groups is 1. The fourth-order valence-electron chi connectivity index (χ4n) is 1.81. The second-order valence-electron chi connectivity index (χ2n) is 3.74. The molecule has 0 atom stereocenters. The first-order chi connectivity index (χ1) is 8.29. The van der Waals surface area contributed by atoms with Crippen LogP contribution >= 0.6 is 11.3 Å². The molecule has 2 heterocycles. The van der Waals surface area contributed by atoms with Gasteiger partial charge in [0.15, 0.2) is 6.29 Å². The van der Waals surface area contributed by atoms with Gasteiger partial charge in [-0.25, -0.2) is 9.97 Å². The molecule has 4 nitrogen and oxygen atoms in total. The van der Waals surface area contributed by atoms with Crippen LogP contribution in [0.1, 0.15) is 16.1 Å². The lowest BCUT2D eigenvalue weighted by Gasteiger charge is -2.03. The molecule has 2 aromatic heterocycles. The summed E-state index contributed by atoms with van der Waals surface area (Å²) in [4.78, 5) is 19.4. The monoisotopic (exact) mass is 243 g/mol. The van der Waals surface area contributed by atoms with Crippen LogP contribution in [0.15, 0.2) is 30.2 Å². The Bertz CT molecular complexity index is 699. The van der Waals surface area contributed by atoms with Crippen LogP contribution in [-0.2, 0) is 0 Å². The van der Waals surface area contributed by atoms with Gasteiger partial charge in [-0.2, -0.15) is 0 Å². The van der Waals surface area contributed by atoms with Crippen LogP contribution in [0, 0.1) is 6.92 Å². The lowest BCUT2D eigenvalue weighted by molar-refractivity contribution is 0.112. The Hall–Kier alpha value is -2.01. The molecule has 17 heavy (non-hydrogen) atoms. The molecule has 0 spiro atoms. The van der Waals surface area contributed by atoms with Gasteiger partial charge in [0.1, 0.15) is 0 Å². The Morgan fingerprint density at radius 1 is 1.35 bits per heavy atom. The van der Waals surface area contributed by atoms with E-state index in [-0.39, 0.29) is 0 Å². The maximum Gasteiger partial charge on any atom is 0.152 e. The molecule has 0 unspecified atom stereocenters. The molecule has 0 amide bonds. The van der Waals surface area contributed by atoms with Crippen molar-refractivity contribution >= 4 is 27.8 Å². The van der Waals surface area contributed by atoms with Gasteiger partial charge in [0.25, 0.3) is 0 Å². The number of hydrogen-bond donors (Lipinski definition) is 0. The lowest BCUT2D eigenvalue weighted by atomic mass is 10.2. The van der Waals surface area contributed by atoms with E-state index in [0.29, 0.717) is 5.56 Å². The molecule has 0 saturated heterocycles. The minimum atomic E-state index is 0.627. The summed E-state index contributed by atoms with van der Waals surface area (Å²) in [6.45, 7) is 1.94. The van der Waals surface area contributed by atoms with Crippen molar-refractivity contribution in [2.75, 3.05) is 0 Å². The summed E-state index contributed by atoms with van der Waals surface area (Å²) in [5.41, 5.74) is 5.11. The number of nitrogens with zero attached hydrogens (tertiary/aromatic N) is 3. The number of aryl methyl sites for hydroxylation is 1. The molecule has 0 aliphatic carbocycles. The van der Waals surface area contributed by atoms with Gasteiger partial charge in [-0.05, 0) is 19.1 Å². The van der Waals surface area contributed by atoms with Crippen molar-refractivity contribution in [2.45, 2.75) is 6.92 Å². The number of fused-ring (bicyclic) bond motifs is 1. The Labute approximate surface area is 102 Å². The number of rotatable bonds is 2. The number of thiazole rings is 1. The first-order valence-corrected chi connectivity index (χ1v) is 6.00. The lowest BCUT2D eigenvalue weighted by Crippen LogP contribution is -1.92. The molecule has 0 fully saturated rings. The normalized spacial score (nSPS) is 10.9. The second-order valence-corrected chi connectivity index (χ2v) is 4.60. The zero-order chi connectivity index (χ0) is 11.8. The van der Waals surface area contributed by atoms with Crippen molar-refractivity contribution in [3.63, 3.8) is 0 Å². The Morgan fingerprint density at radius 2 is 2.24 bits per heavy atom. The highest BCUT2D eigenvalue weighted by molar-refractivity contribution is 7.17. The van der Waals surface area contributed by atoms with Gasteiger partial charge >= 0.3 is 0 Å². The first kappa shape index (κ1) is 10.2. The fraction of sp³-hybridized carbons (Fsp3) is 0.0833. The standard InChI is InChI=1S/C12H9N3OS/c1-8-4-15(6-13-8)10-3-2-9(5-16)11-12(10)17-7-14-11/h2-7H,1H3. The third kappa shape index (κ3) is 1.55. The highest BCUT2D eigenvalue weighted by atomic mass is 32.1. The largest absolute Gasteiger partial charge is 0.305 e.